The first kappa shape index (κ1) is 8.84. The molecular formula is C9H7BrO2S. The van der Waals surface area contributed by atoms with E-state index in [1.807, 2.05) is 11.4 Å². The van der Waals surface area contributed by atoms with E-state index in [2.05, 4.69) is 15.9 Å². The number of thiophene rings is 1. The lowest BCUT2D eigenvalue weighted by Crippen LogP contribution is -1.79. The van der Waals surface area contributed by atoms with E-state index < -0.39 is 0 Å². The summed E-state index contributed by atoms with van der Waals surface area (Å²) >= 11 is 4.86. The number of benzene rings is 1. The maximum atomic E-state index is 9.46. The number of methoxy groups -OCH3 is 1. The third kappa shape index (κ3) is 1.40. The number of aromatic hydroxyl groups is 1. The van der Waals surface area contributed by atoms with Crippen LogP contribution in [-0.2, 0) is 0 Å². The zero-order valence-corrected chi connectivity index (χ0v) is 9.28. The number of rotatable bonds is 1. The fourth-order valence-corrected chi connectivity index (χ4v) is 2.60. The van der Waals surface area contributed by atoms with Crippen molar-refractivity contribution in [3.8, 4) is 11.5 Å². The van der Waals surface area contributed by atoms with Gasteiger partial charge in [-0.25, -0.2) is 0 Å². The maximum absolute atomic E-state index is 9.46. The van der Waals surface area contributed by atoms with Crippen LogP contribution in [-0.4, -0.2) is 12.2 Å². The van der Waals surface area contributed by atoms with Crippen LogP contribution in [0.1, 0.15) is 0 Å². The largest absolute Gasteiger partial charge is 0.507 e. The molecular weight excluding hydrogens is 252 g/mol. The van der Waals surface area contributed by atoms with Crippen molar-refractivity contribution in [3.63, 3.8) is 0 Å². The summed E-state index contributed by atoms with van der Waals surface area (Å²) in [6, 6.07) is 3.59. The topological polar surface area (TPSA) is 29.5 Å². The molecule has 0 unspecified atom stereocenters. The van der Waals surface area contributed by atoms with Crippen LogP contribution in [0.4, 0.5) is 0 Å². The van der Waals surface area contributed by atoms with E-state index in [4.69, 9.17) is 4.74 Å². The predicted molar refractivity (Wildman–Crippen MR) is 57.7 cm³/mol. The summed E-state index contributed by atoms with van der Waals surface area (Å²) in [5, 5.41) is 12.3. The lowest BCUT2D eigenvalue weighted by Gasteiger charge is -1.99. The van der Waals surface area contributed by atoms with Gasteiger partial charge in [0.15, 0.2) is 0 Å². The molecule has 1 aromatic heterocycles. The molecule has 2 aromatic rings. The van der Waals surface area contributed by atoms with Crippen LogP contribution >= 0.6 is 27.3 Å². The number of ether oxygens (including phenoxy) is 1. The van der Waals surface area contributed by atoms with Gasteiger partial charge < -0.3 is 9.84 Å². The van der Waals surface area contributed by atoms with E-state index in [0.29, 0.717) is 4.47 Å². The van der Waals surface area contributed by atoms with Crippen LogP contribution in [0.3, 0.4) is 0 Å². The Morgan fingerprint density at radius 3 is 2.92 bits per heavy atom. The van der Waals surface area contributed by atoms with E-state index in [9.17, 15) is 5.11 Å². The van der Waals surface area contributed by atoms with E-state index in [-0.39, 0.29) is 5.75 Å². The van der Waals surface area contributed by atoms with Crippen molar-refractivity contribution in [2.45, 2.75) is 0 Å². The normalized spacial score (nSPS) is 10.6. The molecule has 0 aliphatic rings. The number of phenols is 1. The van der Waals surface area contributed by atoms with Crippen molar-refractivity contribution in [2.24, 2.45) is 0 Å². The fraction of sp³-hybridized carbons (Fsp3) is 0.111. The highest BCUT2D eigenvalue weighted by Gasteiger charge is 2.07. The molecule has 0 saturated carbocycles. The Bertz CT molecular complexity index is 450. The van der Waals surface area contributed by atoms with Gasteiger partial charge in [0.05, 0.1) is 11.6 Å². The second kappa shape index (κ2) is 3.20. The molecule has 0 atom stereocenters. The fourth-order valence-electron chi connectivity index (χ4n) is 1.17. The lowest BCUT2D eigenvalue weighted by atomic mass is 10.2. The van der Waals surface area contributed by atoms with E-state index >= 15 is 0 Å². The van der Waals surface area contributed by atoms with Crippen molar-refractivity contribution in [1.82, 2.24) is 0 Å². The van der Waals surface area contributed by atoms with Gasteiger partial charge in [0.25, 0.3) is 0 Å². The maximum Gasteiger partial charge on any atom is 0.137 e. The summed E-state index contributed by atoms with van der Waals surface area (Å²) < 4.78 is 6.96. The molecule has 4 heteroatoms. The second-order valence-corrected chi connectivity index (χ2v) is 4.37. The Morgan fingerprint density at radius 2 is 2.23 bits per heavy atom. The summed E-state index contributed by atoms with van der Waals surface area (Å²) in [4.78, 5) is 0. The van der Waals surface area contributed by atoms with Crippen molar-refractivity contribution >= 4 is 37.4 Å². The summed E-state index contributed by atoms with van der Waals surface area (Å²) in [5.41, 5.74) is 0. The zero-order chi connectivity index (χ0) is 9.42. The minimum absolute atomic E-state index is 0.240. The molecule has 0 spiro atoms. The van der Waals surface area contributed by atoms with Crippen molar-refractivity contribution < 1.29 is 9.84 Å². The summed E-state index contributed by atoms with van der Waals surface area (Å²) in [6.07, 6.45) is 0. The Hall–Kier alpha value is -0.740. The lowest BCUT2D eigenvalue weighted by molar-refractivity contribution is 0.421. The Kier molecular flexibility index (Phi) is 2.17. The molecule has 1 N–H and O–H groups in total. The number of hydrogen-bond donors (Lipinski definition) is 1. The number of phenolic OH excluding ortho intramolecular Hbond substituents is 1. The quantitative estimate of drug-likeness (QED) is 0.850. The van der Waals surface area contributed by atoms with Gasteiger partial charge in [-0.05, 0) is 28.1 Å². The van der Waals surface area contributed by atoms with Gasteiger partial charge in [-0.3, -0.25) is 0 Å². The first-order valence-corrected chi connectivity index (χ1v) is 5.33. The molecule has 1 heterocycles. The Morgan fingerprint density at radius 1 is 1.46 bits per heavy atom. The molecule has 13 heavy (non-hydrogen) atoms. The number of fused-ring (bicyclic) bond motifs is 1. The molecule has 0 saturated heterocycles. The summed E-state index contributed by atoms with van der Waals surface area (Å²) in [6.45, 7) is 0. The molecule has 0 bridgehead atoms. The second-order valence-electron chi connectivity index (χ2n) is 2.60. The minimum atomic E-state index is 0.240. The standard InChI is InChI=1S/C9H7BrO2S/c1-12-8-4-13-9-3-6(10)7(11)2-5(8)9/h2-4,11H,1H3. The van der Waals surface area contributed by atoms with Crippen LogP contribution in [0.5, 0.6) is 11.5 Å². The Labute approximate surface area is 87.9 Å². The molecule has 1 aromatic carbocycles. The van der Waals surface area contributed by atoms with Crippen molar-refractivity contribution in [3.05, 3.63) is 22.0 Å². The molecule has 0 radical (unpaired) electrons. The van der Waals surface area contributed by atoms with Gasteiger partial charge in [-0.15, -0.1) is 11.3 Å². The van der Waals surface area contributed by atoms with Crippen LogP contribution in [0.15, 0.2) is 22.0 Å². The highest BCUT2D eigenvalue weighted by molar-refractivity contribution is 9.10. The molecule has 2 nitrogen and oxygen atoms in total. The average Bonchev–Trinajstić information content (AvgIpc) is 2.48. The zero-order valence-electron chi connectivity index (χ0n) is 6.87. The van der Waals surface area contributed by atoms with Gasteiger partial charge in [-0.2, -0.15) is 0 Å². The molecule has 0 aliphatic heterocycles. The van der Waals surface area contributed by atoms with Gasteiger partial charge >= 0.3 is 0 Å². The van der Waals surface area contributed by atoms with Crippen molar-refractivity contribution in [1.29, 1.82) is 0 Å². The molecule has 0 amide bonds. The van der Waals surface area contributed by atoms with E-state index in [1.165, 1.54) is 0 Å². The van der Waals surface area contributed by atoms with Gasteiger partial charge in [0, 0.05) is 15.5 Å². The first-order valence-electron chi connectivity index (χ1n) is 3.66. The average molecular weight is 259 g/mol. The summed E-state index contributed by atoms with van der Waals surface area (Å²) in [7, 11) is 1.63. The highest BCUT2D eigenvalue weighted by Crippen LogP contribution is 2.38. The highest BCUT2D eigenvalue weighted by atomic mass is 79.9. The Balaban J connectivity index is 2.77. The first-order chi connectivity index (χ1) is 6.22. The molecule has 0 aliphatic carbocycles. The SMILES string of the molecule is COc1csc2cc(Br)c(O)cc12. The van der Waals surface area contributed by atoms with Gasteiger partial charge in [-0.1, -0.05) is 0 Å². The van der Waals surface area contributed by atoms with Gasteiger partial charge in [0.1, 0.15) is 11.5 Å². The third-order valence-electron chi connectivity index (χ3n) is 1.83. The number of hydrogen-bond acceptors (Lipinski definition) is 3. The molecule has 2 rings (SSSR count). The molecule has 0 fully saturated rings. The van der Waals surface area contributed by atoms with Crippen LogP contribution in [0.25, 0.3) is 10.1 Å². The smallest absolute Gasteiger partial charge is 0.137 e. The van der Waals surface area contributed by atoms with Crippen LogP contribution < -0.4 is 4.74 Å². The summed E-state index contributed by atoms with van der Waals surface area (Å²) in [5.74, 6) is 1.05. The van der Waals surface area contributed by atoms with Crippen LogP contribution in [0, 0.1) is 0 Å². The predicted octanol–water partition coefficient (Wildman–Crippen LogP) is 3.38. The third-order valence-corrected chi connectivity index (χ3v) is 3.39. The van der Waals surface area contributed by atoms with E-state index in [0.717, 1.165) is 15.8 Å². The number of halogens is 1. The van der Waals surface area contributed by atoms with Crippen molar-refractivity contribution in [2.75, 3.05) is 7.11 Å². The van der Waals surface area contributed by atoms with Crippen LogP contribution in [0.2, 0.25) is 0 Å². The minimum Gasteiger partial charge on any atom is -0.507 e. The van der Waals surface area contributed by atoms with Gasteiger partial charge in [0.2, 0.25) is 0 Å². The van der Waals surface area contributed by atoms with E-state index in [1.54, 1.807) is 24.5 Å². The monoisotopic (exact) mass is 258 g/mol. The molecule has 68 valence electrons.